The molecule has 0 aromatic rings. The lowest BCUT2D eigenvalue weighted by molar-refractivity contribution is -0.152. The van der Waals surface area contributed by atoms with Gasteiger partial charge >= 0.3 is 11.9 Å². The predicted molar refractivity (Wildman–Crippen MR) is 84.1 cm³/mol. The molecule has 0 radical (unpaired) electrons. The van der Waals surface area contributed by atoms with Crippen LogP contribution in [-0.2, 0) is 23.9 Å². The minimum Gasteiger partial charge on any atom is -0.393 e. The van der Waals surface area contributed by atoms with Gasteiger partial charge in [0.05, 0.1) is 12.8 Å². The third-order valence-electron chi connectivity index (χ3n) is 2.79. The number of rotatable bonds is 5. The Hall–Kier alpha value is -2.06. The first-order valence-electron chi connectivity index (χ1n) is 7.57. The van der Waals surface area contributed by atoms with Crippen molar-refractivity contribution in [2.75, 3.05) is 26.7 Å². The van der Waals surface area contributed by atoms with Gasteiger partial charge in [0.1, 0.15) is 0 Å². The van der Waals surface area contributed by atoms with Crippen molar-refractivity contribution in [1.82, 2.24) is 10.2 Å². The number of hydrogen-bond acceptors (Lipinski definition) is 7. The molecule has 0 spiro atoms. The number of amides is 2. The smallest absolute Gasteiger partial charge is 0.314 e. The van der Waals surface area contributed by atoms with Gasteiger partial charge < -0.3 is 15.8 Å². The van der Waals surface area contributed by atoms with Crippen molar-refractivity contribution >= 4 is 23.8 Å². The molecule has 0 bridgehead atoms. The van der Waals surface area contributed by atoms with E-state index in [2.05, 4.69) is 10.1 Å². The maximum Gasteiger partial charge on any atom is 0.314 e. The summed E-state index contributed by atoms with van der Waals surface area (Å²) in [5, 5.41) is 2.89. The van der Waals surface area contributed by atoms with Crippen LogP contribution in [0, 0.1) is 0 Å². The Bertz CT molecular complexity index is 414. The Kier molecular flexibility index (Phi) is 11.4. The Morgan fingerprint density at radius 1 is 1.13 bits per heavy atom. The first-order valence-corrected chi connectivity index (χ1v) is 7.57. The van der Waals surface area contributed by atoms with Crippen LogP contribution in [0.15, 0.2) is 12.2 Å². The Morgan fingerprint density at radius 2 is 1.65 bits per heavy atom. The number of likely N-dealkylation sites (N-methyl/N-ethyl adjacent to an activating group) is 1. The van der Waals surface area contributed by atoms with Crippen molar-refractivity contribution in [1.29, 1.82) is 0 Å². The van der Waals surface area contributed by atoms with E-state index in [1.54, 1.807) is 0 Å². The maximum absolute atomic E-state index is 10.9. The molecule has 0 atom stereocenters. The van der Waals surface area contributed by atoms with Crippen molar-refractivity contribution in [3.05, 3.63) is 12.2 Å². The molecule has 0 aromatic heterocycles. The van der Waals surface area contributed by atoms with Gasteiger partial charge in [-0.3, -0.25) is 24.1 Å². The summed E-state index contributed by atoms with van der Waals surface area (Å²) in [4.78, 5) is 43.1. The van der Waals surface area contributed by atoms with Crippen LogP contribution >= 0.6 is 0 Å². The maximum atomic E-state index is 10.9. The zero-order valence-corrected chi connectivity index (χ0v) is 13.7. The van der Waals surface area contributed by atoms with Crippen LogP contribution in [0.25, 0.3) is 0 Å². The number of carbonyl (C=O) groups excluding carboxylic acids is 4. The Labute approximate surface area is 136 Å². The van der Waals surface area contributed by atoms with Gasteiger partial charge in [-0.25, -0.2) is 0 Å². The number of nitrogens with one attached hydrogen (secondary N) is 1. The Morgan fingerprint density at radius 3 is 1.91 bits per heavy atom. The third-order valence-corrected chi connectivity index (χ3v) is 2.79. The van der Waals surface area contributed by atoms with E-state index in [0.29, 0.717) is 6.54 Å². The van der Waals surface area contributed by atoms with Gasteiger partial charge in [0, 0.05) is 31.8 Å². The summed E-state index contributed by atoms with van der Waals surface area (Å²) in [6.45, 7) is 4.23. The van der Waals surface area contributed by atoms with E-state index in [0.717, 1.165) is 25.9 Å². The number of nitrogens with zero attached hydrogens (tertiary/aromatic N) is 1. The summed E-state index contributed by atoms with van der Waals surface area (Å²) in [5.74, 6) is -1.15. The van der Waals surface area contributed by atoms with Crippen LogP contribution < -0.4 is 11.1 Å². The molecule has 1 saturated heterocycles. The van der Waals surface area contributed by atoms with E-state index in [-0.39, 0.29) is 24.7 Å². The number of imide groups is 1. The van der Waals surface area contributed by atoms with E-state index in [4.69, 9.17) is 5.73 Å². The highest BCUT2D eigenvalue weighted by molar-refractivity contribution is 6.12. The zero-order valence-electron chi connectivity index (χ0n) is 13.7. The van der Waals surface area contributed by atoms with Crippen LogP contribution in [-0.4, -0.2) is 55.3 Å². The van der Waals surface area contributed by atoms with Crippen LogP contribution in [0.4, 0.5) is 0 Å². The predicted octanol–water partition coefficient (Wildman–Crippen LogP) is -0.274. The summed E-state index contributed by atoms with van der Waals surface area (Å²) in [5.41, 5.74) is 5.08. The minimum atomic E-state index is -0.398. The molecule has 3 N–H and O–H groups in total. The lowest BCUT2D eigenvalue weighted by atomic mass is 10.3. The van der Waals surface area contributed by atoms with Crippen molar-refractivity contribution in [2.45, 2.75) is 32.6 Å². The topological polar surface area (TPSA) is 119 Å². The average molecular weight is 327 g/mol. The van der Waals surface area contributed by atoms with E-state index >= 15 is 0 Å². The highest BCUT2D eigenvalue weighted by Crippen LogP contribution is 2.05. The molecule has 8 heteroatoms. The molecule has 23 heavy (non-hydrogen) atoms. The molecule has 2 heterocycles. The van der Waals surface area contributed by atoms with Crippen LogP contribution in [0.3, 0.4) is 0 Å². The Balaban J connectivity index is 0.000000347. The van der Waals surface area contributed by atoms with E-state index in [9.17, 15) is 19.2 Å². The highest BCUT2D eigenvalue weighted by atomic mass is 16.6. The molecule has 2 aliphatic heterocycles. The van der Waals surface area contributed by atoms with Gasteiger partial charge in [-0.05, 0) is 13.5 Å². The molecule has 0 saturated carbocycles. The quantitative estimate of drug-likeness (QED) is 0.405. The summed E-state index contributed by atoms with van der Waals surface area (Å²) < 4.78 is 4.08. The molecule has 0 aliphatic carbocycles. The van der Waals surface area contributed by atoms with Crippen molar-refractivity contribution < 1.29 is 23.9 Å². The fourth-order valence-electron chi connectivity index (χ4n) is 1.55. The van der Waals surface area contributed by atoms with Crippen molar-refractivity contribution in [2.24, 2.45) is 5.73 Å². The molecule has 130 valence electrons. The monoisotopic (exact) mass is 327 g/mol. The van der Waals surface area contributed by atoms with Crippen LogP contribution in [0.5, 0.6) is 0 Å². The highest BCUT2D eigenvalue weighted by Gasteiger charge is 2.21. The van der Waals surface area contributed by atoms with Crippen molar-refractivity contribution in [3.8, 4) is 0 Å². The molecule has 0 unspecified atom stereocenters. The summed E-state index contributed by atoms with van der Waals surface area (Å²) in [6, 6.07) is 0. The number of carbonyl (C=O) groups is 4. The van der Waals surface area contributed by atoms with E-state index < -0.39 is 11.9 Å². The standard InChI is InChI=1S/C8H11NO2.C4H4O3.C3H10N2/c1-2-3-6-9-7(10)4-5-8(9)11;5-3-1-2-4(6)7-3;1-5-3-2-4/h4-5H,2-3,6H2,1H3;1-2H2;5H,2-4H2,1H3. The van der Waals surface area contributed by atoms with E-state index in [1.165, 1.54) is 17.1 Å². The number of esters is 2. The first-order chi connectivity index (χ1) is 11.0. The molecule has 1 fully saturated rings. The van der Waals surface area contributed by atoms with Gasteiger partial charge in [0.15, 0.2) is 0 Å². The van der Waals surface area contributed by atoms with Crippen LogP contribution in [0.2, 0.25) is 0 Å². The largest absolute Gasteiger partial charge is 0.393 e. The molecule has 0 aromatic carbocycles. The molecule has 2 aliphatic rings. The zero-order chi connectivity index (χ0) is 17.7. The minimum absolute atomic E-state index is 0.177. The summed E-state index contributed by atoms with van der Waals surface area (Å²) in [6.07, 6.45) is 5.05. The number of ether oxygens (including phenoxy) is 1. The third kappa shape index (κ3) is 9.54. The second kappa shape index (κ2) is 12.5. The molecule has 2 amide bonds. The van der Waals surface area contributed by atoms with Crippen LogP contribution in [0.1, 0.15) is 32.6 Å². The lowest BCUT2D eigenvalue weighted by Gasteiger charge is -2.11. The molecule has 8 nitrogen and oxygen atoms in total. The molecular weight excluding hydrogens is 302 g/mol. The number of nitrogens with two attached hydrogens (primary N) is 1. The summed E-state index contributed by atoms with van der Waals surface area (Å²) in [7, 11) is 1.88. The van der Waals surface area contributed by atoms with Gasteiger partial charge in [-0.15, -0.1) is 0 Å². The number of unbranched alkanes of at least 4 members (excludes halogenated alkanes) is 1. The number of hydrogen-bond donors (Lipinski definition) is 2. The van der Waals surface area contributed by atoms with Crippen molar-refractivity contribution in [3.63, 3.8) is 0 Å². The second-order valence-electron chi connectivity index (χ2n) is 4.75. The number of cyclic esters (lactones) is 2. The fraction of sp³-hybridized carbons (Fsp3) is 0.600. The first kappa shape index (κ1) is 20.9. The van der Waals surface area contributed by atoms with Gasteiger partial charge in [-0.1, -0.05) is 13.3 Å². The van der Waals surface area contributed by atoms with Gasteiger partial charge in [0.25, 0.3) is 11.8 Å². The average Bonchev–Trinajstić information content (AvgIpc) is 3.05. The lowest BCUT2D eigenvalue weighted by Crippen LogP contribution is -2.30. The second-order valence-corrected chi connectivity index (χ2v) is 4.75. The van der Waals surface area contributed by atoms with E-state index in [1.807, 2.05) is 14.0 Å². The molecular formula is C15H25N3O5. The van der Waals surface area contributed by atoms with Gasteiger partial charge in [0.2, 0.25) is 0 Å². The normalized spacial score (nSPS) is 15.9. The van der Waals surface area contributed by atoms with Gasteiger partial charge in [-0.2, -0.15) is 0 Å². The summed E-state index contributed by atoms with van der Waals surface area (Å²) >= 11 is 0. The molecule has 2 rings (SSSR count). The fourth-order valence-corrected chi connectivity index (χ4v) is 1.55. The SMILES string of the molecule is CCCCN1C(=O)C=CC1=O.CNCCN.O=C1CCC(=O)O1.